The quantitative estimate of drug-likeness (QED) is 0.486. The zero-order valence-corrected chi connectivity index (χ0v) is 14.5. The number of aryl methyl sites for hydroxylation is 1. The van der Waals surface area contributed by atoms with Crippen molar-refractivity contribution in [3.63, 3.8) is 0 Å². The molecule has 8 heteroatoms. The number of hydrogen-bond donors (Lipinski definition) is 2. The van der Waals surface area contributed by atoms with Crippen LogP contribution >= 0.6 is 11.8 Å². The van der Waals surface area contributed by atoms with Gasteiger partial charge in [0.15, 0.2) is 0 Å². The number of hydrazine groups is 1. The van der Waals surface area contributed by atoms with Crippen LogP contribution in [0.1, 0.15) is 22.8 Å². The molecule has 2 rings (SSSR count). The van der Waals surface area contributed by atoms with Gasteiger partial charge in [0, 0.05) is 22.6 Å². The molecular formula is C17H17N3O4S. The Labute approximate surface area is 148 Å². The molecule has 25 heavy (non-hydrogen) atoms. The van der Waals surface area contributed by atoms with Crippen LogP contribution in [0.3, 0.4) is 0 Å². The number of hydrogen-bond acceptors (Lipinski definition) is 5. The number of nitrogens with zero attached hydrogens (tertiary/aromatic N) is 1. The fourth-order valence-corrected chi connectivity index (χ4v) is 2.77. The molecule has 1 atom stereocenters. The number of rotatable bonds is 5. The summed E-state index contributed by atoms with van der Waals surface area (Å²) in [6.07, 6.45) is 0. The molecule has 0 saturated heterocycles. The van der Waals surface area contributed by atoms with E-state index in [0.29, 0.717) is 0 Å². The standard InChI is InChI=1S/C17H17N3O4S/c1-11-3-9-15(10-4-11)25-12(2)16(21)18-19-17(22)13-5-7-14(8-6-13)20(23)24/h3-10,12H,1-2H3,(H,18,21)(H,19,22)/t12-/m1/s1. The largest absolute Gasteiger partial charge is 0.272 e. The summed E-state index contributed by atoms with van der Waals surface area (Å²) in [5.74, 6) is -0.892. The molecule has 2 aromatic rings. The van der Waals surface area contributed by atoms with Gasteiger partial charge in [-0.2, -0.15) is 0 Å². The Kier molecular flexibility index (Phi) is 6.13. The van der Waals surface area contributed by atoms with Crippen LogP contribution in [0.15, 0.2) is 53.4 Å². The Morgan fingerprint density at radius 3 is 2.20 bits per heavy atom. The van der Waals surface area contributed by atoms with Gasteiger partial charge in [0.2, 0.25) is 0 Å². The summed E-state index contributed by atoms with van der Waals surface area (Å²) in [7, 11) is 0. The van der Waals surface area contributed by atoms with Crippen molar-refractivity contribution >= 4 is 29.3 Å². The number of benzene rings is 2. The van der Waals surface area contributed by atoms with Crippen molar-refractivity contribution in [3.05, 3.63) is 69.8 Å². The highest BCUT2D eigenvalue weighted by Crippen LogP contribution is 2.23. The molecular weight excluding hydrogens is 342 g/mol. The van der Waals surface area contributed by atoms with Crippen molar-refractivity contribution in [2.75, 3.05) is 0 Å². The molecule has 0 aliphatic carbocycles. The van der Waals surface area contributed by atoms with Gasteiger partial charge in [0.1, 0.15) is 0 Å². The average molecular weight is 359 g/mol. The van der Waals surface area contributed by atoms with Crippen molar-refractivity contribution in [1.82, 2.24) is 10.9 Å². The fourth-order valence-electron chi connectivity index (χ4n) is 1.90. The lowest BCUT2D eigenvalue weighted by Crippen LogP contribution is -2.44. The van der Waals surface area contributed by atoms with E-state index in [0.717, 1.165) is 10.5 Å². The van der Waals surface area contributed by atoms with Crippen LogP contribution in [-0.4, -0.2) is 22.0 Å². The van der Waals surface area contributed by atoms with Crippen LogP contribution in [0.2, 0.25) is 0 Å². The second-order valence-electron chi connectivity index (χ2n) is 5.32. The van der Waals surface area contributed by atoms with Crippen molar-refractivity contribution in [3.8, 4) is 0 Å². The van der Waals surface area contributed by atoms with Gasteiger partial charge in [0.05, 0.1) is 10.2 Å². The van der Waals surface area contributed by atoms with Crippen LogP contribution < -0.4 is 10.9 Å². The van der Waals surface area contributed by atoms with Gasteiger partial charge in [-0.05, 0) is 38.1 Å². The highest BCUT2D eigenvalue weighted by molar-refractivity contribution is 8.00. The first kappa shape index (κ1) is 18.5. The second kappa shape index (κ2) is 8.29. The molecule has 0 aromatic heterocycles. The maximum atomic E-state index is 12.1. The minimum Gasteiger partial charge on any atom is -0.272 e. The molecule has 0 aliphatic rings. The number of nitro benzene ring substituents is 1. The van der Waals surface area contributed by atoms with Gasteiger partial charge in [-0.1, -0.05) is 17.7 Å². The van der Waals surface area contributed by atoms with Crippen LogP contribution in [0.4, 0.5) is 5.69 Å². The number of non-ortho nitro benzene ring substituents is 1. The average Bonchev–Trinajstić information content (AvgIpc) is 2.61. The number of amides is 2. The van der Waals surface area contributed by atoms with Crippen LogP contribution in [0.5, 0.6) is 0 Å². The van der Waals surface area contributed by atoms with Gasteiger partial charge < -0.3 is 0 Å². The first-order valence-corrected chi connectivity index (χ1v) is 8.33. The molecule has 2 N–H and O–H groups in total. The fraction of sp³-hybridized carbons (Fsp3) is 0.176. The third-order valence-corrected chi connectivity index (χ3v) is 4.45. The van der Waals surface area contributed by atoms with Crippen LogP contribution in [0, 0.1) is 17.0 Å². The van der Waals surface area contributed by atoms with Crippen LogP contribution in [-0.2, 0) is 4.79 Å². The van der Waals surface area contributed by atoms with Crippen molar-refractivity contribution < 1.29 is 14.5 Å². The summed E-state index contributed by atoms with van der Waals surface area (Å²) in [6, 6.07) is 12.9. The van der Waals surface area contributed by atoms with Crippen molar-refractivity contribution in [2.24, 2.45) is 0 Å². The summed E-state index contributed by atoms with van der Waals surface area (Å²) in [5, 5.41) is 10.2. The third kappa shape index (κ3) is 5.32. The molecule has 0 aliphatic heterocycles. The number of thioether (sulfide) groups is 1. The maximum Gasteiger partial charge on any atom is 0.269 e. The maximum absolute atomic E-state index is 12.1. The Balaban J connectivity index is 1.86. The number of nitro groups is 1. The van der Waals surface area contributed by atoms with E-state index in [2.05, 4.69) is 10.9 Å². The molecule has 2 aromatic carbocycles. The summed E-state index contributed by atoms with van der Waals surface area (Å²) >= 11 is 1.37. The minimum atomic E-state index is -0.548. The van der Waals surface area contributed by atoms with E-state index in [-0.39, 0.29) is 17.2 Å². The lowest BCUT2D eigenvalue weighted by Gasteiger charge is -2.13. The Bertz CT molecular complexity index is 775. The molecule has 2 amide bonds. The monoisotopic (exact) mass is 359 g/mol. The summed E-state index contributed by atoms with van der Waals surface area (Å²) in [6.45, 7) is 3.72. The lowest BCUT2D eigenvalue weighted by molar-refractivity contribution is -0.384. The van der Waals surface area contributed by atoms with Gasteiger partial charge in [0.25, 0.3) is 17.5 Å². The third-order valence-electron chi connectivity index (χ3n) is 3.34. The van der Waals surface area contributed by atoms with Crippen molar-refractivity contribution in [2.45, 2.75) is 24.0 Å². The highest BCUT2D eigenvalue weighted by Gasteiger charge is 2.16. The Morgan fingerprint density at radius 2 is 1.64 bits per heavy atom. The number of carbonyl (C=O) groups excluding carboxylic acids is 2. The molecule has 0 saturated carbocycles. The van der Waals surface area contributed by atoms with Gasteiger partial charge in [-0.3, -0.25) is 30.6 Å². The zero-order chi connectivity index (χ0) is 18.4. The first-order chi connectivity index (χ1) is 11.9. The zero-order valence-electron chi connectivity index (χ0n) is 13.7. The normalized spacial score (nSPS) is 11.4. The van der Waals surface area contributed by atoms with E-state index in [1.54, 1.807) is 6.92 Å². The van der Waals surface area contributed by atoms with Crippen molar-refractivity contribution in [1.29, 1.82) is 0 Å². The Morgan fingerprint density at radius 1 is 1.04 bits per heavy atom. The SMILES string of the molecule is Cc1ccc(S[C@H](C)C(=O)NNC(=O)c2ccc([N+](=O)[O-])cc2)cc1. The van der Waals surface area contributed by atoms with Crippen LogP contribution in [0.25, 0.3) is 0 Å². The van der Waals surface area contributed by atoms with Gasteiger partial charge >= 0.3 is 0 Å². The predicted octanol–water partition coefficient (Wildman–Crippen LogP) is 2.85. The van der Waals surface area contributed by atoms with E-state index in [1.807, 2.05) is 31.2 Å². The Hall–Kier alpha value is -2.87. The van der Waals surface area contributed by atoms with Gasteiger partial charge in [-0.15, -0.1) is 11.8 Å². The van der Waals surface area contributed by atoms with E-state index < -0.39 is 16.1 Å². The first-order valence-electron chi connectivity index (χ1n) is 7.45. The predicted molar refractivity (Wildman–Crippen MR) is 95.2 cm³/mol. The number of nitrogens with one attached hydrogen (secondary N) is 2. The molecule has 0 fully saturated rings. The molecule has 0 radical (unpaired) electrons. The van der Waals surface area contributed by atoms with Gasteiger partial charge in [-0.25, -0.2) is 0 Å². The summed E-state index contributed by atoms with van der Waals surface area (Å²) < 4.78 is 0. The molecule has 0 bridgehead atoms. The van der Waals surface area contributed by atoms with E-state index in [4.69, 9.17) is 0 Å². The summed E-state index contributed by atoms with van der Waals surface area (Å²) in [4.78, 5) is 35.0. The molecule has 0 unspecified atom stereocenters. The smallest absolute Gasteiger partial charge is 0.269 e. The molecule has 0 spiro atoms. The van der Waals surface area contributed by atoms with E-state index in [1.165, 1.54) is 36.0 Å². The van der Waals surface area contributed by atoms with E-state index in [9.17, 15) is 19.7 Å². The second-order valence-corrected chi connectivity index (χ2v) is 6.73. The highest BCUT2D eigenvalue weighted by atomic mass is 32.2. The number of carbonyl (C=O) groups is 2. The molecule has 130 valence electrons. The minimum absolute atomic E-state index is 0.108. The molecule has 7 nitrogen and oxygen atoms in total. The topological polar surface area (TPSA) is 101 Å². The lowest BCUT2D eigenvalue weighted by atomic mass is 10.2. The summed E-state index contributed by atoms with van der Waals surface area (Å²) in [5.41, 5.74) is 5.90. The molecule has 0 heterocycles. The van der Waals surface area contributed by atoms with E-state index >= 15 is 0 Å².